The van der Waals surface area contributed by atoms with Gasteiger partial charge < -0.3 is 10.5 Å². The number of nitrogens with zero attached hydrogens (tertiary/aromatic N) is 1. The zero-order chi connectivity index (χ0) is 22.3. The summed E-state index contributed by atoms with van der Waals surface area (Å²) < 4.78 is 4.75. The first-order chi connectivity index (χ1) is 14.1. The van der Waals surface area contributed by atoms with Crippen molar-refractivity contribution in [3.63, 3.8) is 0 Å². The molecular formula is C23H32N2O4Si. The van der Waals surface area contributed by atoms with E-state index in [0.717, 1.165) is 12.5 Å². The van der Waals surface area contributed by atoms with Gasteiger partial charge in [0.05, 0.1) is 12.7 Å². The summed E-state index contributed by atoms with van der Waals surface area (Å²) in [7, 11) is 0.137. The third kappa shape index (κ3) is 6.69. The fourth-order valence-electron chi connectivity index (χ4n) is 3.26. The second-order valence-corrected chi connectivity index (χ2v) is 14.3. The first-order valence-corrected chi connectivity index (χ1v) is 14.0. The van der Waals surface area contributed by atoms with Gasteiger partial charge in [-0.25, -0.2) is 0 Å². The number of methoxy groups -OCH3 is 1. The molecule has 0 atom stereocenters. The highest BCUT2D eigenvalue weighted by atomic mass is 28.3. The molecule has 2 N–H and O–H groups in total. The molecule has 0 radical (unpaired) electrons. The molecule has 0 aliphatic carbocycles. The number of carbonyl (C=O) groups excluding carboxylic acids is 3. The average Bonchev–Trinajstić information content (AvgIpc) is 2.96. The van der Waals surface area contributed by atoms with Crippen LogP contribution in [0.5, 0.6) is 0 Å². The summed E-state index contributed by atoms with van der Waals surface area (Å²) in [6.07, 6.45) is 5.98. The Morgan fingerprint density at radius 3 is 2.47 bits per heavy atom. The molecule has 0 saturated carbocycles. The maximum atomic E-state index is 12.8. The zero-order valence-corrected chi connectivity index (χ0v) is 19.4. The number of hydrogen-bond donors (Lipinski definition) is 1. The predicted molar refractivity (Wildman–Crippen MR) is 122 cm³/mol. The van der Waals surface area contributed by atoms with Gasteiger partial charge in [0.25, 0.3) is 11.8 Å². The fraction of sp³-hybridized carbons (Fsp3) is 0.435. The number of nitrogen functional groups attached to an aromatic ring is 1. The first-order valence-electron chi connectivity index (χ1n) is 10.3. The largest absolute Gasteiger partial charge is 0.469 e. The molecule has 1 aromatic carbocycles. The van der Waals surface area contributed by atoms with E-state index >= 15 is 0 Å². The maximum Gasteiger partial charge on any atom is 0.305 e. The van der Waals surface area contributed by atoms with E-state index < -0.39 is 8.07 Å². The van der Waals surface area contributed by atoms with Crippen LogP contribution in [0, 0.1) is 0 Å². The molecule has 1 aliphatic rings. The van der Waals surface area contributed by atoms with Gasteiger partial charge in [0, 0.05) is 38.4 Å². The van der Waals surface area contributed by atoms with Gasteiger partial charge in [-0.2, -0.15) is 0 Å². The molecule has 0 unspecified atom stereocenters. The third-order valence-corrected chi connectivity index (χ3v) is 6.45. The molecule has 0 aromatic heterocycles. The SMILES string of the molecule is COC(=O)CC/C(=C/C[Si](C)(C)C)CCCN1C(=O)C=C(c2ccccc2N)C1=O. The predicted octanol–water partition coefficient (Wildman–Crippen LogP) is 4.02. The number of imide groups is 1. The number of anilines is 1. The van der Waals surface area contributed by atoms with E-state index in [1.165, 1.54) is 23.7 Å². The molecular weight excluding hydrogens is 396 g/mol. The van der Waals surface area contributed by atoms with Crippen LogP contribution in [0.1, 0.15) is 31.2 Å². The minimum absolute atomic E-state index is 0.229. The molecule has 162 valence electrons. The average molecular weight is 429 g/mol. The van der Waals surface area contributed by atoms with Crippen molar-refractivity contribution in [2.45, 2.75) is 51.4 Å². The van der Waals surface area contributed by atoms with Crippen LogP contribution in [0.3, 0.4) is 0 Å². The normalized spacial score (nSPS) is 14.9. The standard InChI is InChI=1S/C23H32N2O4Si/c1-29-22(27)12-11-17(13-15-30(2,3)4)8-7-14-25-21(26)16-19(23(25)28)18-9-5-6-10-20(18)24/h5-6,9-10,13,16H,7-8,11-12,14-15,24H2,1-4H3/b17-13+. The highest BCUT2D eigenvalue weighted by Gasteiger charge is 2.32. The Bertz CT molecular complexity index is 868. The van der Waals surface area contributed by atoms with E-state index in [2.05, 4.69) is 25.7 Å². The Kier molecular flexibility index (Phi) is 8.17. The van der Waals surface area contributed by atoms with Crippen molar-refractivity contribution in [2.24, 2.45) is 0 Å². The molecule has 6 nitrogen and oxygen atoms in total. The van der Waals surface area contributed by atoms with Crippen LogP contribution in [0.2, 0.25) is 25.7 Å². The van der Waals surface area contributed by atoms with Crippen molar-refractivity contribution < 1.29 is 19.1 Å². The highest BCUT2D eigenvalue weighted by Crippen LogP contribution is 2.28. The summed E-state index contributed by atoms with van der Waals surface area (Å²) in [5.74, 6) is -0.839. The Morgan fingerprint density at radius 2 is 1.83 bits per heavy atom. The Morgan fingerprint density at radius 1 is 1.13 bits per heavy atom. The van der Waals surface area contributed by atoms with Gasteiger partial charge in [0.2, 0.25) is 0 Å². The van der Waals surface area contributed by atoms with E-state index in [1.54, 1.807) is 24.3 Å². The summed E-state index contributed by atoms with van der Waals surface area (Å²) >= 11 is 0. The van der Waals surface area contributed by atoms with Gasteiger partial charge >= 0.3 is 5.97 Å². The Balaban J connectivity index is 1.99. The van der Waals surface area contributed by atoms with Crippen molar-refractivity contribution in [3.8, 4) is 0 Å². The van der Waals surface area contributed by atoms with Gasteiger partial charge in [-0.3, -0.25) is 19.3 Å². The molecule has 0 saturated heterocycles. The summed E-state index contributed by atoms with van der Waals surface area (Å²) in [4.78, 5) is 38.0. The lowest BCUT2D eigenvalue weighted by molar-refractivity contribution is -0.140. The molecule has 0 spiro atoms. The quantitative estimate of drug-likeness (QED) is 0.200. The number of benzene rings is 1. The van der Waals surface area contributed by atoms with Gasteiger partial charge in [0.1, 0.15) is 0 Å². The zero-order valence-electron chi connectivity index (χ0n) is 18.4. The number of esters is 1. The van der Waals surface area contributed by atoms with Crippen LogP contribution >= 0.6 is 0 Å². The molecule has 1 aliphatic heterocycles. The number of carbonyl (C=O) groups is 3. The van der Waals surface area contributed by atoms with E-state index in [1.807, 2.05) is 0 Å². The van der Waals surface area contributed by atoms with Crippen LogP contribution < -0.4 is 5.73 Å². The van der Waals surface area contributed by atoms with E-state index in [9.17, 15) is 14.4 Å². The molecule has 7 heteroatoms. The smallest absolute Gasteiger partial charge is 0.305 e. The second kappa shape index (κ2) is 10.4. The molecule has 2 rings (SSSR count). The lowest BCUT2D eigenvalue weighted by atomic mass is 10.0. The summed E-state index contributed by atoms with van der Waals surface area (Å²) in [6.45, 7) is 7.23. The van der Waals surface area contributed by atoms with Crippen molar-refractivity contribution >= 4 is 37.1 Å². The lowest BCUT2D eigenvalue weighted by Gasteiger charge is -2.17. The van der Waals surface area contributed by atoms with Gasteiger partial charge in [0.15, 0.2) is 0 Å². The van der Waals surface area contributed by atoms with Crippen LogP contribution in [-0.2, 0) is 19.1 Å². The van der Waals surface area contributed by atoms with Gasteiger partial charge in [-0.1, -0.05) is 49.5 Å². The lowest BCUT2D eigenvalue weighted by Crippen LogP contribution is -2.32. The third-order valence-electron chi connectivity index (χ3n) is 5.02. The monoisotopic (exact) mass is 428 g/mol. The van der Waals surface area contributed by atoms with Crippen LogP contribution in [0.25, 0.3) is 5.57 Å². The van der Waals surface area contributed by atoms with Crippen LogP contribution in [0.4, 0.5) is 5.69 Å². The van der Waals surface area contributed by atoms with Gasteiger partial charge in [-0.15, -0.1) is 0 Å². The van der Waals surface area contributed by atoms with Crippen molar-refractivity contribution in [1.29, 1.82) is 0 Å². The number of ether oxygens (including phenoxy) is 1. The minimum atomic E-state index is -1.25. The fourth-order valence-corrected chi connectivity index (χ4v) is 4.17. The Hall–Kier alpha value is -2.67. The summed E-state index contributed by atoms with van der Waals surface area (Å²) in [5, 5.41) is 0. The minimum Gasteiger partial charge on any atom is -0.469 e. The maximum absolute atomic E-state index is 12.8. The number of rotatable bonds is 10. The number of para-hydroxylation sites is 1. The molecule has 0 bridgehead atoms. The van der Waals surface area contributed by atoms with E-state index in [0.29, 0.717) is 42.6 Å². The second-order valence-electron chi connectivity index (χ2n) is 8.75. The number of nitrogens with two attached hydrogens (primary N) is 1. The number of hydrogen-bond acceptors (Lipinski definition) is 5. The number of allylic oxidation sites excluding steroid dienone is 2. The van der Waals surface area contributed by atoms with E-state index in [4.69, 9.17) is 10.5 Å². The van der Waals surface area contributed by atoms with Crippen molar-refractivity contribution in [3.05, 3.63) is 47.6 Å². The summed E-state index contributed by atoms with van der Waals surface area (Å²) in [5.41, 5.74) is 8.56. The van der Waals surface area contributed by atoms with Crippen molar-refractivity contribution in [1.82, 2.24) is 4.90 Å². The Labute approximate surface area is 179 Å². The summed E-state index contributed by atoms with van der Waals surface area (Å²) in [6, 6.07) is 8.09. The van der Waals surface area contributed by atoms with Crippen LogP contribution in [0.15, 0.2) is 42.0 Å². The highest BCUT2D eigenvalue weighted by molar-refractivity contribution is 6.76. The molecule has 0 fully saturated rings. The molecule has 30 heavy (non-hydrogen) atoms. The molecule has 1 heterocycles. The number of amides is 2. The molecule has 2 amide bonds. The first kappa shape index (κ1) is 23.6. The van der Waals surface area contributed by atoms with Crippen molar-refractivity contribution in [2.75, 3.05) is 19.4 Å². The molecule has 1 aromatic rings. The van der Waals surface area contributed by atoms with E-state index in [-0.39, 0.29) is 17.8 Å². The topological polar surface area (TPSA) is 89.7 Å². The van der Waals surface area contributed by atoms with Gasteiger partial charge in [-0.05, 0) is 31.4 Å². The van der Waals surface area contributed by atoms with Crippen LogP contribution in [-0.4, -0.2) is 44.4 Å².